The zero-order valence-electron chi connectivity index (χ0n) is 16.2. The van der Waals surface area contributed by atoms with Crippen molar-refractivity contribution in [1.29, 1.82) is 0 Å². The zero-order chi connectivity index (χ0) is 20.7. The van der Waals surface area contributed by atoms with Crippen LogP contribution >= 0.6 is 11.6 Å². The predicted molar refractivity (Wildman–Crippen MR) is 115 cm³/mol. The highest BCUT2D eigenvalue weighted by atomic mass is 35.5. The summed E-state index contributed by atoms with van der Waals surface area (Å²) in [4.78, 5) is 12.6. The van der Waals surface area contributed by atoms with Crippen LogP contribution in [-0.4, -0.2) is 29.9 Å². The van der Waals surface area contributed by atoms with Crippen molar-refractivity contribution in [3.63, 3.8) is 0 Å². The summed E-state index contributed by atoms with van der Waals surface area (Å²) in [6.07, 6.45) is 3.12. The van der Waals surface area contributed by atoms with E-state index in [4.69, 9.17) is 16.3 Å². The van der Waals surface area contributed by atoms with E-state index >= 15 is 0 Å². The molecule has 3 heterocycles. The summed E-state index contributed by atoms with van der Waals surface area (Å²) in [5.41, 5.74) is 4.29. The highest BCUT2D eigenvalue weighted by Crippen LogP contribution is 2.31. The maximum Gasteiger partial charge on any atom is 0.141 e. The summed E-state index contributed by atoms with van der Waals surface area (Å²) in [6, 6.07) is 13.3. The molecule has 8 nitrogen and oxygen atoms in total. The molecule has 0 aliphatic rings. The maximum atomic E-state index is 6.06. The monoisotopic (exact) mass is 417 g/mol. The van der Waals surface area contributed by atoms with Gasteiger partial charge < -0.3 is 10.1 Å². The second-order valence-electron chi connectivity index (χ2n) is 6.82. The van der Waals surface area contributed by atoms with Crippen molar-refractivity contribution in [2.75, 3.05) is 5.32 Å². The summed E-state index contributed by atoms with van der Waals surface area (Å²) in [7, 11) is 1.86. The van der Waals surface area contributed by atoms with E-state index in [9.17, 15) is 0 Å². The van der Waals surface area contributed by atoms with Crippen molar-refractivity contribution in [3.8, 4) is 11.5 Å². The first-order chi connectivity index (χ1) is 14.6. The van der Waals surface area contributed by atoms with Crippen molar-refractivity contribution >= 4 is 45.0 Å². The third kappa shape index (κ3) is 3.37. The van der Waals surface area contributed by atoms with Gasteiger partial charge in [-0.2, -0.15) is 0 Å². The van der Waals surface area contributed by atoms with Gasteiger partial charge in [0.15, 0.2) is 0 Å². The Balaban J connectivity index is 1.41. The van der Waals surface area contributed by atoms with E-state index in [1.54, 1.807) is 16.9 Å². The molecule has 9 heteroatoms. The van der Waals surface area contributed by atoms with Crippen LogP contribution in [0.15, 0.2) is 55.0 Å². The molecule has 30 heavy (non-hydrogen) atoms. The second kappa shape index (κ2) is 7.23. The summed E-state index contributed by atoms with van der Waals surface area (Å²) < 4.78 is 7.79. The fourth-order valence-electron chi connectivity index (χ4n) is 3.22. The van der Waals surface area contributed by atoms with Gasteiger partial charge in [0.05, 0.1) is 17.2 Å². The van der Waals surface area contributed by atoms with E-state index in [1.807, 2.05) is 50.4 Å². The molecule has 0 radical (unpaired) electrons. The Kier molecular flexibility index (Phi) is 4.40. The first-order valence-corrected chi connectivity index (χ1v) is 9.56. The van der Waals surface area contributed by atoms with E-state index < -0.39 is 0 Å². The van der Waals surface area contributed by atoms with E-state index in [0.717, 1.165) is 33.4 Å². The molecular weight excluding hydrogens is 402 g/mol. The van der Waals surface area contributed by atoms with Gasteiger partial charge in [0.1, 0.15) is 34.3 Å². The molecule has 148 valence electrons. The number of benzene rings is 2. The molecular formula is C21H16ClN7O. The Hall–Kier alpha value is -3.78. The third-order valence-corrected chi connectivity index (χ3v) is 4.94. The van der Waals surface area contributed by atoms with E-state index in [2.05, 4.69) is 30.6 Å². The largest absolute Gasteiger partial charge is 0.457 e. The molecule has 5 aromatic rings. The smallest absolute Gasteiger partial charge is 0.141 e. The maximum absolute atomic E-state index is 6.06. The SMILES string of the molecule is Cc1cc(Nc2ncnc3cnc(Cl)cc23)ccc1Oc1ccc2c(c1)nnn2C. The van der Waals surface area contributed by atoms with Gasteiger partial charge in [-0.1, -0.05) is 16.8 Å². The molecule has 0 unspecified atom stereocenters. The normalized spacial score (nSPS) is 11.2. The summed E-state index contributed by atoms with van der Waals surface area (Å²) in [6.45, 7) is 1.99. The Morgan fingerprint density at radius 2 is 1.90 bits per heavy atom. The topological polar surface area (TPSA) is 90.6 Å². The predicted octanol–water partition coefficient (Wildman–Crippen LogP) is 4.80. The van der Waals surface area contributed by atoms with Gasteiger partial charge in [-0.15, -0.1) is 5.10 Å². The van der Waals surface area contributed by atoms with Crippen molar-refractivity contribution in [2.24, 2.45) is 7.05 Å². The lowest BCUT2D eigenvalue weighted by molar-refractivity contribution is 0.479. The Bertz CT molecular complexity index is 1400. The number of ether oxygens (including phenoxy) is 1. The molecule has 0 aliphatic carbocycles. The van der Waals surface area contributed by atoms with Crippen LogP contribution in [0.3, 0.4) is 0 Å². The van der Waals surface area contributed by atoms with Crippen LogP contribution in [-0.2, 0) is 7.05 Å². The van der Waals surface area contributed by atoms with Gasteiger partial charge in [0, 0.05) is 24.2 Å². The number of rotatable bonds is 4. The molecule has 0 fully saturated rings. The molecule has 5 rings (SSSR count). The summed E-state index contributed by atoms with van der Waals surface area (Å²) in [5.74, 6) is 2.12. The first kappa shape index (κ1) is 18.3. The van der Waals surface area contributed by atoms with Gasteiger partial charge in [-0.05, 0) is 48.9 Å². The van der Waals surface area contributed by atoms with Crippen LogP contribution in [0.1, 0.15) is 5.56 Å². The molecule has 0 bridgehead atoms. The molecule has 0 spiro atoms. The second-order valence-corrected chi connectivity index (χ2v) is 7.20. The highest BCUT2D eigenvalue weighted by Gasteiger charge is 2.09. The van der Waals surface area contributed by atoms with Crippen molar-refractivity contribution in [3.05, 3.63) is 65.7 Å². The van der Waals surface area contributed by atoms with Crippen LogP contribution in [0.25, 0.3) is 21.9 Å². The Morgan fingerprint density at radius 3 is 2.77 bits per heavy atom. The highest BCUT2D eigenvalue weighted by molar-refractivity contribution is 6.30. The lowest BCUT2D eigenvalue weighted by atomic mass is 10.2. The molecule has 0 amide bonds. The van der Waals surface area contributed by atoms with Crippen LogP contribution in [0.2, 0.25) is 5.15 Å². The van der Waals surface area contributed by atoms with Crippen LogP contribution < -0.4 is 10.1 Å². The number of pyridine rings is 1. The van der Waals surface area contributed by atoms with Crippen molar-refractivity contribution < 1.29 is 4.74 Å². The molecule has 1 N–H and O–H groups in total. The molecule has 0 aliphatic heterocycles. The van der Waals surface area contributed by atoms with Gasteiger partial charge in [-0.3, -0.25) is 0 Å². The summed E-state index contributed by atoms with van der Waals surface area (Å²) >= 11 is 6.03. The fraction of sp³-hybridized carbons (Fsp3) is 0.0952. The van der Waals surface area contributed by atoms with Gasteiger partial charge in [0.25, 0.3) is 0 Å². The average Bonchev–Trinajstić information content (AvgIpc) is 3.11. The van der Waals surface area contributed by atoms with Gasteiger partial charge in [0.2, 0.25) is 0 Å². The molecule has 2 aromatic carbocycles. The number of anilines is 2. The minimum Gasteiger partial charge on any atom is -0.457 e. The first-order valence-electron chi connectivity index (χ1n) is 9.18. The van der Waals surface area contributed by atoms with Crippen molar-refractivity contribution in [2.45, 2.75) is 6.92 Å². The third-order valence-electron chi connectivity index (χ3n) is 4.74. The molecule has 0 saturated carbocycles. The Labute approximate surface area is 176 Å². The lowest BCUT2D eigenvalue weighted by Gasteiger charge is -2.12. The standard InChI is InChI=1S/C21H16ClN7O/c1-12-7-13(26-21-15-9-20(22)23-10-17(15)24-11-25-21)3-6-19(12)30-14-4-5-18-16(8-14)27-28-29(18)2/h3-11H,1-2H3,(H,24,25,26). The summed E-state index contributed by atoms with van der Waals surface area (Å²) in [5, 5.41) is 12.7. The fourth-order valence-corrected chi connectivity index (χ4v) is 3.38. The number of aryl methyl sites for hydroxylation is 2. The van der Waals surface area contributed by atoms with Crippen LogP contribution in [0.4, 0.5) is 11.5 Å². The quantitative estimate of drug-likeness (QED) is 0.420. The van der Waals surface area contributed by atoms with Gasteiger partial charge >= 0.3 is 0 Å². The van der Waals surface area contributed by atoms with E-state index in [-0.39, 0.29) is 0 Å². The number of aromatic nitrogens is 6. The molecule has 0 saturated heterocycles. The van der Waals surface area contributed by atoms with Crippen LogP contribution in [0, 0.1) is 6.92 Å². The minimum atomic E-state index is 0.389. The number of fused-ring (bicyclic) bond motifs is 2. The van der Waals surface area contributed by atoms with Crippen molar-refractivity contribution in [1.82, 2.24) is 29.9 Å². The molecule has 3 aromatic heterocycles. The zero-order valence-corrected chi connectivity index (χ0v) is 16.9. The number of hydrogen-bond donors (Lipinski definition) is 1. The number of halogens is 1. The number of hydrogen-bond acceptors (Lipinski definition) is 7. The van der Waals surface area contributed by atoms with E-state index in [0.29, 0.717) is 22.2 Å². The Morgan fingerprint density at radius 1 is 1.00 bits per heavy atom. The minimum absolute atomic E-state index is 0.389. The van der Waals surface area contributed by atoms with Gasteiger partial charge in [-0.25, -0.2) is 19.6 Å². The lowest BCUT2D eigenvalue weighted by Crippen LogP contribution is -1.97. The van der Waals surface area contributed by atoms with E-state index in [1.165, 1.54) is 6.33 Å². The molecule has 0 atom stereocenters. The number of nitrogens with one attached hydrogen (secondary N) is 1. The van der Waals surface area contributed by atoms with Crippen LogP contribution in [0.5, 0.6) is 11.5 Å². The number of nitrogens with zero attached hydrogens (tertiary/aromatic N) is 6. The average molecular weight is 418 g/mol.